The number of carbonyl (C=O) groups excluding carboxylic acids is 1. The van der Waals surface area contributed by atoms with Gasteiger partial charge in [0.05, 0.1) is 17.5 Å². The Morgan fingerprint density at radius 2 is 1.65 bits per heavy atom. The van der Waals surface area contributed by atoms with Gasteiger partial charge in [0, 0.05) is 17.3 Å². The molecule has 40 heavy (non-hydrogen) atoms. The molecular formula is C26H16F7N5O2. The quantitative estimate of drug-likeness (QED) is 0.236. The third-order valence-electron chi connectivity index (χ3n) is 5.91. The molecule has 0 aliphatic rings. The summed E-state index contributed by atoms with van der Waals surface area (Å²) >= 11 is 0. The van der Waals surface area contributed by atoms with Gasteiger partial charge in [-0.05, 0) is 60.2 Å². The summed E-state index contributed by atoms with van der Waals surface area (Å²) in [5, 5.41) is 8.63. The molecular weight excluding hydrogens is 547 g/mol. The lowest BCUT2D eigenvalue weighted by molar-refractivity contribution is -0.143. The Labute approximate surface area is 220 Å². The standard InChI is InChI=1S/C26H16F7N5O2/c27-17-4-6-18(7-5-17)38(13-21-36-37-24(40-21)20-8-2-14-9-10-34-23(14)35-20)22(39)11-15-1-3-16(25(28,29)30)12-19(15)26(31,32)33/h1-10,12H,11,13H2,(H,34,35). The van der Waals surface area contributed by atoms with Gasteiger partial charge in [-0.1, -0.05) is 6.07 Å². The van der Waals surface area contributed by atoms with Crippen LogP contribution in [0, 0.1) is 5.82 Å². The van der Waals surface area contributed by atoms with E-state index in [1.807, 2.05) is 0 Å². The molecule has 2 aromatic carbocycles. The Kier molecular flexibility index (Phi) is 6.77. The number of alkyl halides is 6. The molecule has 7 nitrogen and oxygen atoms in total. The van der Waals surface area contributed by atoms with E-state index in [0.29, 0.717) is 23.5 Å². The van der Waals surface area contributed by atoms with Gasteiger partial charge in [0.2, 0.25) is 11.8 Å². The van der Waals surface area contributed by atoms with Gasteiger partial charge in [-0.25, -0.2) is 9.37 Å². The second kappa shape index (κ2) is 10.1. The number of carbonyl (C=O) groups is 1. The highest BCUT2D eigenvalue weighted by Gasteiger charge is 2.38. The number of benzene rings is 2. The van der Waals surface area contributed by atoms with Gasteiger partial charge in [0.1, 0.15) is 23.7 Å². The molecule has 14 heteroatoms. The van der Waals surface area contributed by atoms with Crippen molar-refractivity contribution in [1.29, 1.82) is 0 Å². The van der Waals surface area contributed by atoms with Crippen molar-refractivity contribution in [2.24, 2.45) is 0 Å². The van der Waals surface area contributed by atoms with Crippen LogP contribution in [0.4, 0.5) is 36.4 Å². The van der Waals surface area contributed by atoms with Crippen LogP contribution in [0.15, 0.2) is 71.3 Å². The van der Waals surface area contributed by atoms with Gasteiger partial charge >= 0.3 is 12.4 Å². The number of pyridine rings is 1. The maximum absolute atomic E-state index is 13.6. The van der Waals surface area contributed by atoms with Crippen LogP contribution in [0.3, 0.4) is 0 Å². The summed E-state index contributed by atoms with van der Waals surface area (Å²) in [6, 6.07) is 10.7. The normalized spacial score (nSPS) is 12.2. The summed E-state index contributed by atoms with van der Waals surface area (Å²) in [6.45, 7) is -0.426. The van der Waals surface area contributed by atoms with Gasteiger partial charge in [0.15, 0.2) is 0 Å². The highest BCUT2D eigenvalue weighted by molar-refractivity contribution is 5.94. The number of hydrogen-bond acceptors (Lipinski definition) is 5. The molecule has 3 heterocycles. The van der Waals surface area contributed by atoms with Crippen molar-refractivity contribution in [3.8, 4) is 11.6 Å². The number of halogens is 7. The summed E-state index contributed by atoms with van der Waals surface area (Å²) in [6.07, 6.45) is -9.41. The van der Waals surface area contributed by atoms with E-state index in [2.05, 4.69) is 20.2 Å². The number of fused-ring (bicyclic) bond motifs is 1. The summed E-state index contributed by atoms with van der Waals surface area (Å²) in [4.78, 5) is 21.5. The lowest BCUT2D eigenvalue weighted by Crippen LogP contribution is -2.32. The van der Waals surface area contributed by atoms with E-state index >= 15 is 0 Å². The third-order valence-corrected chi connectivity index (χ3v) is 5.91. The Balaban J connectivity index is 1.46. The van der Waals surface area contributed by atoms with Gasteiger partial charge in [0.25, 0.3) is 5.89 Å². The molecule has 0 fully saturated rings. The van der Waals surface area contributed by atoms with Crippen LogP contribution in [0.5, 0.6) is 0 Å². The minimum absolute atomic E-state index is 0.0000947. The predicted molar refractivity (Wildman–Crippen MR) is 127 cm³/mol. The van der Waals surface area contributed by atoms with Crippen LogP contribution in [-0.4, -0.2) is 26.1 Å². The van der Waals surface area contributed by atoms with Crippen LogP contribution in [-0.2, 0) is 30.1 Å². The second-order valence-corrected chi connectivity index (χ2v) is 8.61. The number of H-pyrrole nitrogens is 1. The van der Waals surface area contributed by atoms with Crippen molar-refractivity contribution in [2.45, 2.75) is 25.3 Å². The minimum Gasteiger partial charge on any atom is -0.417 e. The Morgan fingerprint density at radius 3 is 2.35 bits per heavy atom. The summed E-state index contributed by atoms with van der Waals surface area (Å²) in [5.41, 5.74) is -2.83. The van der Waals surface area contributed by atoms with E-state index in [1.54, 1.807) is 24.4 Å². The lowest BCUT2D eigenvalue weighted by Gasteiger charge is -2.23. The van der Waals surface area contributed by atoms with Crippen molar-refractivity contribution in [1.82, 2.24) is 20.2 Å². The Bertz CT molecular complexity index is 1670. The smallest absolute Gasteiger partial charge is 0.416 e. The van der Waals surface area contributed by atoms with Crippen molar-refractivity contribution in [2.75, 3.05) is 4.90 Å². The summed E-state index contributed by atoms with van der Waals surface area (Å²) in [7, 11) is 0. The number of nitrogens with zero attached hydrogens (tertiary/aromatic N) is 4. The predicted octanol–water partition coefficient (Wildman–Crippen LogP) is 6.57. The SMILES string of the molecule is O=C(Cc1ccc(C(F)(F)F)cc1C(F)(F)F)N(Cc1nnc(-c2ccc3cc[nH]c3n2)o1)c1ccc(F)cc1. The van der Waals surface area contributed by atoms with Crippen molar-refractivity contribution < 1.29 is 39.9 Å². The van der Waals surface area contributed by atoms with E-state index < -0.39 is 53.7 Å². The molecule has 1 amide bonds. The van der Waals surface area contributed by atoms with Crippen molar-refractivity contribution in [3.05, 3.63) is 95.3 Å². The highest BCUT2D eigenvalue weighted by Crippen LogP contribution is 2.38. The van der Waals surface area contributed by atoms with Gasteiger partial charge < -0.3 is 14.3 Å². The number of aromatic nitrogens is 4. The molecule has 1 N–H and O–H groups in total. The van der Waals surface area contributed by atoms with Crippen molar-refractivity contribution in [3.63, 3.8) is 0 Å². The second-order valence-electron chi connectivity index (χ2n) is 8.61. The largest absolute Gasteiger partial charge is 0.417 e. The molecule has 0 aliphatic heterocycles. The number of rotatable bonds is 6. The number of hydrogen-bond donors (Lipinski definition) is 1. The first kappa shape index (κ1) is 26.8. The van der Waals surface area contributed by atoms with E-state index in [1.165, 1.54) is 12.1 Å². The zero-order valence-electron chi connectivity index (χ0n) is 20.0. The lowest BCUT2D eigenvalue weighted by atomic mass is 10.00. The molecule has 206 valence electrons. The van der Waals surface area contributed by atoms with Crippen LogP contribution >= 0.6 is 0 Å². The zero-order valence-corrected chi connectivity index (χ0v) is 20.0. The fraction of sp³-hybridized carbons (Fsp3) is 0.154. The molecule has 0 saturated heterocycles. The Morgan fingerprint density at radius 1 is 0.900 bits per heavy atom. The number of amides is 1. The molecule has 3 aromatic heterocycles. The van der Waals surface area contributed by atoms with Crippen LogP contribution < -0.4 is 4.90 Å². The molecule has 0 unspecified atom stereocenters. The minimum atomic E-state index is -5.16. The topological polar surface area (TPSA) is 87.9 Å². The van der Waals surface area contributed by atoms with E-state index in [9.17, 15) is 35.5 Å². The van der Waals surface area contributed by atoms with Gasteiger partial charge in [-0.15, -0.1) is 10.2 Å². The highest BCUT2D eigenvalue weighted by atomic mass is 19.4. The average molecular weight is 563 g/mol. The molecule has 0 atom stereocenters. The first-order chi connectivity index (χ1) is 18.9. The van der Waals surface area contributed by atoms with E-state index in [4.69, 9.17) is 4.42 Å². The van der Waals surface area contributed by atoms with E-state index in [0.717, 1.165) is 22.4 Å². The molecule has 5 rings (SSSR count). The van der Waals surface area contributed by atoms with Gasteiger partial charge in [-0.3, -0.25) is 4.79 Å². The fourth-order valence-corrected chi connectivity index (χ4v) is 3.98. The molecule has 5 aromatic rings. The molecule has 0 radical (unpaired) electrons. The van der Waals surface area contributed by atoms with E-state index in [-0.39, 0.29) is 23.5 Å². The third kappa shape index (κ3) is 5.65. The maximum Gasteiger partial charge on any atom is 0.416 e. The average Bonchev–Trinajstić information content (AvgIpc) is 3.56. The van der Waals surface area contributed by atoms with Gasteiger partial charge in [-0.2, -0.15) is 26.3 Å². The molecule has 0 bridgehead atoms. The number of aromatic amines is 1. The zero-order chi connectivity index (χ0) is 28.7. The van der Waals surface area contributed by atoms with Crippen LogP contribution in [0.2, 0.25) is 0 Å². The monoisotopic (exact) mass is 563 g/mol. The fourth-order valence-electron chi connectivity index (χ4n) is 3.98. The number of nitrogens with one attached hydrogen (secondary N) is 1. The van der Waals surface area contributed by atoms with Crippen LogP contribution in [0.25, 0.3) is 22.6 Å². The van der Waals surface area contributed by atoms with Crippen LogP contribution in [0.1, 0.15) is 22.6 Å². The first-order valence-electron chi connectivity index (χ1n) is 11.5. The molecule has 0 aliphatic carbocycles. The Hall–Kier alpha value is -4.75. The van der Waals surface area contributed by atoms with Crippen molar-refractivity contribution >= 4 is 22.6 Å². The molecule has 0 spiro atoms. The molecule has 0 saturated carbocycles. The summed E-state index contributed by atoms with van der Waals surface area (Å²) in [5.74, 6) is -1.70. The summed E-state index contributed by atoms with van der Waals surface area (Å²) < 4.78 is 99.3. The number of anilines is 1. The first-order valence-corrected chi connectivity index (χ1v) is 11.5. The maximum atomic E-state index is 13.6.